The minimum atomic E-state index is -1.76. The van der Waals surface area contributed by atoms with Crippen molar-refractivity contribution < 1.29 is 23.9 Å². The monoisotopic (exact) mass is 526 g/mol. The van der Waals surface area contributed by atoms with E-state index in [0.717, 1.165) is 42.7 Å². The molecule has 5 nitrogen and oxygen atoms in total. The fraction of sp³-hybridized carbons (Fsp3) is 0.483. The number of rotatable bonds is 9. The van der Waals surface area contributed by atoms with Gasteiger partial charge in [-0.25, -0.2) is 4.79 Å². The molecule has 0 unspecified atom stereocenters. The van der Waals surface area contributed by atoms with Gasteiger partial charge in [0, 0.05) is 25.7 Å². The highest BCUT2D eigenvalue weighted by Crippen LogP contribution is 2.42. The number of aryl methyl sites for hydroxylation is 3. The lowest BCUT2D eigenvalue weighted by Gasteiger charge is -2.53. The van der Waals surface area contributed by atoms with Crippen LogP contribution < -0.4 is 4.74 Å². The molecule has 0 spiro atoms. The number of thiophene rings is 2. The van der Waals surface area contributed by atoms with Crippen molar-refractivity contribution in [2.75, 3.05) is 26.2 Å². The predicted molar refractivity (Wildman–Crippen MR) is 144 cm³/mol. The Labute approximate surface area is 221 Å². The van der Waals surface area contributed by atoms with Gasteiger partial charge in [0.25, 0.3) is 0 Å². The van der Waals surface area contributed by atoms with Gasteiger partial charge in [-0.15, -0.1) is 22.7 Å². The van der Waals surface area contributed by atoms with E-state index in [9.17, 15) is 9.90 Å². The number of aliphatic hydroxyl groups is 1. The van der Waals surface area contributed by atoms with Crippen LogP contribution >= 0.6 is 22.7 Å². The zero-order valence-electron chi connectivity index (χ0n) is 21.4. The SMILES string of the molecule is Cc1cc(C)c(OCCC[N+]23CCC(CC2)C[C@H]3OC(=O)C(O)(c2cccs2)c2cccs2)c(C)c1. The van der Waals surface area contributed by atoms with Gasteiger partial charge in [-0.1, -0.05) is 29.8 Å². The van der Waals surface area contributed by atoms with Crippen LogP contribution in [0, 0.1) is 26.7 Å². The van der Waals surface area contributed by atoms with Crippen LogP contribution in [0.1, 0.15) is 52.1 Å². The van der Waals surface area contributed by atoms with E-state index in [-0.39, 0.29) is 6.23 Å². The summed E-state index contributed by atoms with van der Waals surface area (Å²) in [5.74, 6) is 1.02. The van der Waals surface area contributed by atoms with E-state index < -0.39 is 11.6 Å². The molecular weight excluding hydrogens is 490 g/mol. The van der Waals surface area contributed by atoms with E-state index in [2.05, 4.69) is 32.9 Å². The van der Waals surface area contributed by atoms with Gasteiger partial charge in [0.1, 0.15) is 5.75 Å². The number of carbonyl (C=O) groups is 1. The Hall–Kier alpha value is -2.19. The summed E-state index contributed by atoms with van der Waals surface area (Å²) in [6.45, 7) is 9.89. The summed E-state index contributed by atoms with van der Waals surface area (Å²) in [6.07, 6.45) is 3.88. The third-order valence-corrected chi connectivity index (χ3v) is 9.96. The second-order valence-electron chi connectivity index (χ2n) is 10.5. The lowest BCUT2D eigenvalue weighted by atomic mass is 9.84. The molecule has 192 valence electrons. The van der Waals surface area contributed by atoms with Crippen molar-refractivity contribution in [3.8, 4) is 5.75 Å². The molecule has 2 aromatic heterocycles. The van der Waals surface area contributed by atoms with Gasteiger partial charge in [-0.3, -0.25) is 4.48 Å². The smallest absolute Gasteiger partial charge is 0.353 e. The first kappa shape index (κ1) is 25.5. The number of fused-ring (bicyclic) bond motifs is 3. The van der Waals surface area contributed by atoms with Crippen molar-refractivity contribution in [1.29, 1.82) is 0 Å². The molecule has 1 N–H and O–H groups in total. The Morgan fingerprint density at radius 3 is 2.22 bits per heavy atom. The minimum absolute atomic E-state index is 0.223. The van der Waals surface area contributed by atoms with Crippen LogP contribution in [0.3, 0.4) is 0 Å². The minimum Gasteiger partial charge on any atom is -0.493 e. The third-order valence-electron chi connectivity index (χ3n) is 8.00. The van der Waals surface area contributed by atoms with Gasteiger partial charge in [0.15, 0.2) is 0 Å². The molecule has 2 bridgehead atoms. The van der Waals surface area contributed by atoms with Crippen molar-refractivity contribution in [3.05, 3.63) is 73.6 Å². The molecule has 1 atom stereocenters. The summed E-state index contributed by atoms with van der Waals surface area (Å²) in [6, 6.07) is 11.7. The Morgan fingerprint density at radius 2 is 1.67 bits per heavy atom. The highest BCUT2D eigenvalue weighted by molar-refractivity contribution is 7.12. The fourth-order valence-electron chi connectivity index (χ4n) is 6.14. The molecule has 7 heteroatoms. The summed E-state index contributed by atoms with van der Waals surface area (Å²) < 4.78 is 13.3. The Balaban J connectivity index is 1.29. The summed E-state index contributed by atoms with van der Waals surface area (Å²) in [5.41, 5.74) is 1.84. The second-order valence-corrected chi connectivity index (χ2v) is 12.4. The number of esters is 1. The summed E-state index contributed by atoms with van der Waals surface area (Å²) >= 11 is 2.77. The average Bonchev–Trinajstić information content (AvgIpc) is 3.59. The maximum atomic E-state index is 13.7. The molecule has 3 aromatic rings. The zero-order valence-corrected chi connectivity index (χ0v) is 23.0. The second kappa shape index (κ2) is 10.3. The molecule has 0 amide bonds. The Kier molecular flexibility index (Phi) is 7.27. The molecule has 1 aromatic carbocycles. The third kappa shape index (κ3) is 4.74. The van der Waals surface area contributed by atoms with E-state index in [0.29, 0.717) is 22.3 Å². The highest BCUT2D eigenvalue weighted by Gasteiger charge is 2.52. The first-order valence-corrected chi connectivity index (χ1v) is 14.7. The van der Waals surface area contributed by atoms with Gasteiger partial charge in [0.05, 0.1) is 36.0 Å². The molecule has 0 radical (unpaired) electrons. The van der Waals surface area contributed by atoms with Crippen LogP contribution in [0.5, 0.6) is 5.75 Å². The number of piperidine rings is 3. The van der Waals surface area contributed by atoms with E-state index in [1.807, 2.05) is 35.0 Å². The van der Waals surface area contributed by atoms with Crippen LogP contribution in [0.2, 0.25) is 0 Å². The molecule has 0 saturated carbocycles. The van der Waals surface area contributed by atoms with Gasteiger partial charge in [0.2, 0.25) is 11.8 Å². The lowest BCUT2D eigenvalue weighted by Crippen LogP contribution is -2.66. The molecule has 3 fully saturated rings. The van der Waals surface area contributed by atoms with Crippen molar-refractivity contribution >= 4 is 28.6 Å². The average molecular weight is 527 g/mol. The molecule has 3 aliphatic rings. The van der Waals surface area contributed by atoms with Crippen LogP contribution in [0.25, 0.3) is 0 Å². The Bertz CT molecular complexity index is 1120. The van der Waals surface area contributed by atoms with E-state index in [1.165, 1.54) is 52.2 Å². The number of quaternary nitrogens is 1. The fourth-order valence-corrected chi connectivity index (χ4v) is 7.86. The van der Waals surface area contributed by atoms with Crippen molar-refractivity contribution in [1.82, 2.24) is 0 Å². The molecule has 0 aliphatic carbocycles. The first-order chi connectivity index (χ1) is 17.3. The maximum Gasteiger partial charge on any atom is 0.353 e. The number of hydrogen-bond donors (Lipinski definition) is 1. The van der Waals surface area contributed by atoms with Crippen LogP contribution in [-0.4, -0.2) is 48.0 Å². The van der Waals surface area contributed by atoms with Crippen LogP contribution in [0.15, 0.2) is 47.2 Å². The topological polar surface area (TPSA) is 55.8 Å². The van der Waals surface area contributed by atoms with Crippen LogP contribution in [0.4, 0.5) is 0 Å². The zero-order chi connectivity index (χ0) is 25.3. The lowest BCUT2D eigenvalue weighted by molar-refractivity contribution is -0.984. The molecular formula is C29H36NO4S2+. The maximum absolute atomic E-state index is 13.7. The number of nitrogens with zero attached hydrogens (tertiary/aromatic N) is 1. The summed E-state index contributed by atoms with van der Waals surface area (Å²) in [7, 11) is 0. The summed E-state index contributed by atoms with van der Waals surface area (Å²) in [5, 5.41) is 15.5. The largest absolute Gasteiger partial charge is 0.493 e. The number of hydrogen-bond acceptors (Lipinski definition) is 6. The normalized spacial score (nSPS) is 23.6. The van der Waals surface area contributed by atoms with Crippen molar-refractivity contribution in [3.63, 3.8) is 0 Å². The molecule has 3 saturated heterocycles. The van der Waals surface area contributed by atoms with Crippen LogP contribution in [-0.2, 0) is 15.1 Å². The molecule has 5 heterocycles. The number of benzene rings is 1. The number of carbonyl (C=O) groups excluding carboxylic acids is 1. The van der Waals surface area contributed by atoms with Gasteiger partial charge >= 0.3 is 5.97 Å². The van der Waals surface area contributed by atoms with Gasteiger partial charge < -0.3 is 14.6 Å². The number of ether oxygens (including phenoxy) is 2. The van der Waals surface area contributed by atoms with Gasteiger partial charge in [-0.2, -0.15) is 0 Å². The molecule has 3 aliphatic heterocycles. The quantitative estimate of drug-likeness (QED) is 0.213. The Morgan fingerprint density at radius 1 is 1.06 bits per heavy atom. The summed E-state index contributed by atoms with van der Waals surface area (Å²) in [4.78, 5) is 14.9. The predicted octanol–water partition coefficient (Wildman–Crippen LogP) is 5.94. The standard InChI is InChI=1S/C29H36NO4S2/c1-20-17-21(2)27(22(3)18-20)33-14-6-11-30-12-9-23(10-13-30)19-26(30)34-28(31)29(32,24-7-4-15-35-24)25-8-5-16-36-25/h4-5,7-8,15-18,23,26,32H,6,9-14,19H2,1-3H3/q+1/t23?,26-,30?/m1/s1. The first-order valence-electron chi connectivity index (χ1n) is 12.9. The molecule has 6 rings (SSSR count). The van der Waals surface area contributed by atoms with E-state index >= 15 is 0 Å². The molecule has 36 heavy (non-hydrogen) atoms. The van der Waals surface area contributed by atoms with E-state index in [1.54, 1.807) is 0 Å². The highest BCUT2D eigenvalue weighted by atomic mass is 32.1. The van der Waals surface area contributed by atoms with Crippen molar-refractivity contribution in [2.24, 2.45) is 5.92 Å². The van der Waals surface area contributed by atoms with E-state index in [4.69, 9.17) is 9.47 Å². The van der Waals surface area contributed by atoms with Gasteiger partial charge in [-0.05, 0) is 60.7 Å². The van der Waals surface area contributed by atoms with Crippen molar-refractivity contribution in [2.45, 2.75) is 58.3 Å².